The third kappa shape index (κ3) is 4.25. The van der Waals surface area contributed by atoms with E-state index in [1.807, 2.05) is 18.4 Å². The molecule has 25 heavy (non-hydrogen) atoms. The van der Waals surface area contributed by atoms with Crippen LogP contribution in [0.25, 0.3) is 10.2 Å². The molecule has 0 saturated heterocycles. The van der Waals surface area contributed by atoms with E-state index in [2.05, 4.69) is 15.3 Å². The lowest BCUT2D eigenvalue weighted by molar-refractivity contribution is 0.435. The van der Waals surface area contributed by atoms with E-state index in [1.54, 1.807) is 29.4 Å². The van der Waals surface area contributed by atoms with Gasteiger partial charge in [-0.3, -0.25) is 4.39 Å². The molecule has 1 atom stereocenters. The van der Waals surface area contributed by atoms with Crippen molar-refractivity contribution in [2.45, 2.75) is 30.3 Å². The molecule has 3 rings (SSSR count). The molecule has 1 unspecified atom stereocenters. The van der Waals surface area contributed by atoms with Gasteiger partial charge in [-0.2, -0.15) is 4.98 Å². The number of thiophene rings is 1. The van der Waals surface area contributed by atoms with Gasteiger partial charge in [0.1, 0.15) is 17.1 Å². The molecule has 0 saturated carbocycles. The average molecular weight is 401 g/mol. The lowest BCUT2D eigenvalue weighted by Crippen LogP contribution is -2.23. The molecular formula is C16H18ClFN4OS2. The van der Waals surface area contributed by atoms with Crippen LogP contribution in [0.2, 0.25) is 5.28 Å². The Morgan fingerprint density at radius 2 is 2.32 bits per heavy atom. The van der Waals surface area contributed by atoms with Crippen molar-refractivity contribution in [3.8, 4) is 0 Å². The van der Waals surface area contributed by atoms with Crippen molar-refractivity contribution < 1.29 is 8.81 Å². The first-order valence-electron chi connectivity index (χ1n) is 7.73. The second-order valence-electron chi connectivity index (χ2n) is 5.45. The molecule has 0 fully saturated rings. The zero-order chi connectivity index (χ0) is 17.8. The number of nitrogens with one attached hydrogen (secondary N) is 1. The van der Waals surface area contributed by atoms with Crippen LogP contribution in [0.1, 0.15) is 17.1 Å². The maximum atomic E-state index is 12.5. The fourth-order valence-electron chi connectivity index (χ4n) is 2.50. The molecular weight excluding hydrogens is 383 g/mol. The minimum absolute atomic E-state index is 0.183. The minimum atomic E-state index is -0.414. The Hall–Kier alpha value is -1.35. The molecule has 0 radical (unpaired) electrons. The number of fused-ring (bicyclic) bond motifs is 1. The molecule has 0 aliphatic heterocycles. The predicted octanol–water partition coefficient (Wildman–Crippen LogP) is 4.50. The van der Waals surface area contributed by atoms with Crippen LogP contribution in [0.4, 0.5) is 10.2 Å². The van der Waals surface area contributed by atoms with Crippen LogP contribution < -0.4 is 11.1 Å². The van der Waals surface area contributed by atoms with Crippen molar-refractivity contribution in [3.63, 3.8) is 0 Å². The van der Waals surface area contributed by atoms with Crippen LogP contribution in [0.15, 0.2) is 27.7 Å². The average Bonchev–Trinajstić information content (AvgIpc) is 3.20. The van der Waals surface area contributed by atoms with Crippen LogP contribution in [0.5, 0.6) is 0 Å². The number of thioether (sulfide) groups is 1. The molecule has 134 valence electrons. The maximum Gasteiger partial charge on any atom is 0.225 e. The fourth-order valence-corrected chi connectivity index (χ4v) is 4.96. The van der Waals surface area contributed by atoms with Crippen molar-refractivity contribution in [3.05, 3.63) is 34.3 Å². The van der Waals surface area contributed by atoms with E-state index in [1.165, 1.54) is 0 Å². The highest BCUT2D eigenvalue weighted by molar-refractivity contribution is 7.99. The van der Waals surface area contributed by atoms with E-state index in [9.17, 15) is 4.39 Å². The summed E-state index contributed by atoms with van der Waals surface area (Å²) < 4.78 is 18.8. The normalized spacial score (nSPS) is 12.6. The molecule has 5 nitrogen and oxygen atoms in total. The first-order chi connectivity index (χ1) is 12.1. The van der Waals surface area contributed by atoms with Gasteiger partial charge in [-0.15, -0.1) is 23.1 Å². The lowest BCUT2D eigenvalue weighted by Gasteiger charge is -2.08. The number of nitrogens with zero attached hydrogens (tertiary/aromatic N) is 2. The number of rotatable bonds is 8. The van der Waals surface area contributed by atoms with Crippen molar-refractivity contribution in [1.29, 1.82) is 0 Å². The lowest BCUT2D eigenvalue weighted by atomic mass is 10.1. The van der Waals surface area contributed by atoms with E-state index in [-0.39, 0.29) is 11.3 Å². The van der Waals surface area contributed by atoms with Crippen LogP contribution in [-0.4, -0.2) is 28.9 Å². The smallest absolute Gasteiger partial charge is 0.225 e. The van der Waals surface area contributed by atoms with Gasteiger partial charge in [0.25, 0.3) is 0 Å². The molecule has 0 amide bonds. The highest BCUT2D eigenvalue weighted by Gasteiger charge is 2.19. The summed E-state index contributed by atoms with van der Waals surface area (Å²) in [5.41, 5.74) is 6.83. The zero-order valence-electron chi connectivity index (χ0n) is 13.6. The Labute approximate surface area is 158 Å². The molecule has 0 spiro atoms. The van der Waals surface area contributed by atoms with E-state index in [4.69, 9.17) is 21.8 Å². The van der Waals surface area contributed by atoms with Gasteiger partial charge in [-0.25, -0.2) is 4.98 Å². The minimum Gasteiger partial charge on any atom is -0.467 e. The molecule has 3 aromatic rings. The quantitative estimate of drug-likeness (QED) is 0.428. The highest BCUT2D eigenvalue weighted by atomic mass is 35.5. The number of hydrogen-bond donors (Lipinski definition) is 2. The summed E-state index contributed by atoms with van der Waals surface area (Å²) in [6.07, 6.45) is 4.56. The van der Waals surface area contributed by atoms with Gasteiger partial charge >= 0.3 is 0 Å². The van der Waals surface area contributed by atoms with Crippen molar-refractivity contribution in [1.82, 2.24) is 9.97 Å². The molecule has 3 heterocycles. The van der Waals surface area contributed by atoms with Gasteiger partial charge in [0.15, 0.2) is 0 Å². The van der Waals surface area contributed by atoms with Crippen molar-refractivity contribution >= 4 is 50.7 Å². The van der Waals surface area contributed by atoms with Gasteiger partial charge in [-0.05, 0) is 42.8 Å². The van der Waals surface area contributed by atoms with Gasteiger partial charge in [0, 0.05) is 15.8 Å². The highest BCUT2D eigenvalue weighted by Crippen LogP contribution is 2.40. The van der Waals surface area contributed by atoms with Crippen molar-refractivity contribution in [2.24, 2.45) is 5.73 Å². The Bertz CT molecular complexity index is 840. The Balaban J connectivity index is 1.95. The third-order valence-corrected chi connectivity index (χ3v) is 6.03. The summed E-state index contributed by atoms with van der Waals surface area (Å²) in [5.74, 6) is 1.46. The van der Waals surface area contributed by atoms with Crippen molar-refractivity contribution in [2.75, 3.05) is 18.2 Å². The summed E-state index contributed by atoms with van der Waals surface area (Å²) >= 11 is 9.28. The molecule has 3 aromatic heterocycles. The second kappa shape index (κ2) is 8.35. The molecule has 3 N–H and O–H groups in total. The Kier molecular flexibility index (Phi) is 6.16. The van der Waals surface area contributed by atoms with Gasteiger partial charge in [0.2, 0.25) is 5.28 Å². The molecule has 0 aliphatic rings. The zero-order valence-corrected chi connectivity index (χ0v) is 16.0. The largest absolute Gasteiger partial charge is 0.467 e. The third-order valence-electron chi connectivity index (χ3n) is 3.67. The molecule has 0 aromatic carbocycles. The Morgan fingerprint density at radius 3 is 3.00 bits per heavy atom. The number of nitrogens with two attached hydrogens (primary N) is 1. The first-order valence-corrected chi connectivity index (χ1v) is 10.1. The van der Waals surface area contributed by atoms with Crippen LogP contribution in [-0.2, 0) is 13.0 Å². The van der Waals surface area contributed by atoms with Crippen LogP contribution in [0, 0.1) is 0 Å². The van der Waals surface area contributed by atoms with Gasteiger partial charge in [0.05, 0.1) is 24.2 Å². The number of aromatic nitrogens is 2. The SMILES string of the molecule is CSc1c(CC(N)CCF)sc2c(NCc3ccco3)nc(Cl)nc12. The van der Waals surface area contributed by atoms with Gasteiger partial charge in [-0.1, -0.05) is 0 Å². The summed E-state index contributed by atoms with van der Waals surface area (Å²) in [7, 11) is 0. The monoisotopic (exact) mass is 400 g/mol. The van der Waals surface area contributed by atoms with E-state index in [0.29, 0.717) is 25.2 Å². The summed E-state index contributed by atoms with van der Waals surface area (Å²) in [6, 6.07) is 3.50. The predicted molar refractivity (Wildman–Crippen MR) is 103 cm³/mol. The van der Waals surface area contributed by atoms with Gasteiger partial charge < -0.3 is 15.5 Å². The number of halogens is 2. The molecule has 9 heteroatoms. The van der Waals surface area contributed by atoms with E-state index < -0.39 is 6.67 Å². The second-order valence-corrected chi connectivity index (χ2v) is 7.71. The summed E-state index contributed by atoms with van der Waals surface area (Å²) in [6.45, 7) is 0.0842. The molecule has 0 aliphatic carbocycles. The number of furan rings is 1. The maximum absolute atomic E-state index is 12.5. The summed E-state index contributed by atoms with van der Waals surface area (Å²) in [4.78, 5) is 10.8. The topological polar surface area (TPSA) is 77.0 Å². The Morgan fingerprint density at radius 1 is 1.48 bits per heavy atom. The van der Waals surface area contributed by atoms with E-state index in [0.717, 1.165) is 25.7 Å². The number of anilines is 1. The summed E-state index contributed by atoms with van der Waals surface area (Å²) in [5, 5.41) is 3.44. The first kappa shape index (κ1) is 18.4. The molecule has 0 bridgehead atoms. The number of alkyl halides is 1. The fraction of sp³-hybridized carbons (Fsp3) is 0.375. The standard InChI is InChI=1S/C16H18ClFN4OS2/c1-24-13-11(7-9(19)4-5-18)25-14-12(13)21-16(17)22-15(14)20-8-10-3-2-6-23-10/h2-3,6,9H,4-5,7-8,19H2,1H3,(H,20,21,22). The number of hydrogen-bond acceptors (Lipinski definition) is 7. The van der Waals surface area contributed by atoms with Crippen LogP contribution >= 0.6 is 34.7 Å². The van der Waals surface area contributed by atoms with E-state index >= 15 is 0 Å². The van der Waals surface area contributed by atoms with Crippen LogP contribution in [0.3, 0.4) is 0 Å².